The lowest BCUT2D eigenvalue weighted by Crippen LogP contribution is -2.24. The van der Waals surface area contributed by atoms with Gasteiger partial charge in [-0.1, -0.05) is 11.3 Å². The van der Waals surface area contributed by atoms with Crippen molar-refractivity contribution in [3.05, 3.63) is 46.5 Å². The van der Waals surface area contributed by atoms with Gasteiger partial charge in [-0.15, -0.1) is 0 Å². The number of imidazole rings is 1. The fraction of sp³-hybridized carbons (Fsp3) is 0.231. The van der Waals surface area contributed by atoms with E-state index in [0.717, 1.165) is 11.1 Å². The van der Waals surface area contributed by atoms with Crippen LogP contribution in [0.3, 0.4) is 0 Å². The SMILES string of the molecule is Cc1nn2cc(CNS(=O)(=O)c3ccc(F)cc3C)nc2s1. The highest BCUT2D eigenvalue weighted by atomic mass is 32.2. The largest absolute Gasteiger partial charge is 0.241 e. The minimum atomic E-state index is -3.72. The van der Waals surface area contributed by atoms with E-state index in [1.165, 1.54) is 23.5 Å². The minimum absolute atomic E-state index is 0.0499. The highest BCUT2D eigenvalue weighted by Crippen LogP contribution is 2.17. The van der Waals surface area contributed by atoms with Crippen LogP contribution in [-0.4, -0.2) is 23.0 Å². The van der Waals surface area contributed by atoms with Crippen LogP contribution in [0.4, 0.5) is 4.39 Å². The normalized spacial score (nSPS) is 12.1. The average molecular weight is 340 g/mol. The van der Waals surface area contributed by atoms with E-state index < -0.39 is 15.8 Å². The summed E-state index contributed by atoms with van der Waals surface area (Å²) in [5.74, 6) is -0.466. The van der Waals surface area contributed by atoms with Crippen LogP contribution in [0.2, 0.25) is 0 Å². The highest BCUT2D eigenvalue weighted by Gasteiger charge is 2.17. The van der Waals surface area contributed by atoms with Crippen molar-refractivity contribution in [1.82, 2.24) is 19.3 Å². The second kappa shape index (κ2) is 5.41. The van der Waals surface area contributed by atoms with E-state index in [4.69, 9.17) is 0 Å². The summed E-state index contributed by atoms with van der Waals surface area (Å²) >= 11 is 1.43. The molecule has 0 aliphatic heterocycles. The highest BCUT2D eigenvalue weighted by molar-refractivity contribution is 7.89. The molecule has 2 heterocycles. The molecule has 1 N–H and O–H groups in total. The Morgan fingerprint density at radius 3 is 2.82 bits per heavy atom. The number of benzene rings is 1. The van der Waals surface area contributed by atoms with Crippen molar-refractivity contribution < 1.29 is 12.8 Å². The predicted molar refractivity (Wildman–Crippen MR) is 80.8 cm³/mol. The molecule has 0 atom stereocenters. The maximum absolute atomic E-state index is 13.1. The van der Waals surface area contributed by atoms with Gasteiger partial charge in [-0.3, -0.25) is 0 Å². The number of hydrogen-bond acceptors (Lipinski definition) is 5. The molecular weight excluding hydrogens is 327 g/mol. The first-order valence-electron chi connectivity index (χ1n) is 6.43. The number of aryl methyl sites for hydroxylation is 2. The molecule has 0 amide bonds. The summed E-state index contributed by atoms with van der Waals surface area (Å²) in [5, 5.41) is 5.10. The van der Waals surface area contributed by atoms with Gasteiger partial charge >= 0.3 is 0 Å². The van der Waals surface area contributed by atoms with Crippen LogP contribution in [0.15, 0.2) is 29.3 Å². The van der Waals surface area contributed by atoms with Crippen molar-refractivity contribution in [2.24, 2.45) is 0 Å². The van der Waals surface area contributed by atoms with Crippen LogP contribution >= 0.6 is 11.3 Å². The van der Waals surface area contributed by atoms with Crippen LogP contribution in [0.1, 0.15) is 16.3 Å². The standard InChI is InChI=1S/C13H13FN4O2S2/c1-8-5-10(14)3-4-12(8)22(19,20)15-6-11-7-18-13(16-11)21-9(2)17-18/h3-5,7,15H,6H2,1-2H3. The van der Waals surface area contributed by atoms with Crippen LogP contribution in [0.25, 0.3) is 4.96 Å². The Balaban J connectivity index is 1.80. The van der Waals surface area contributed by atoms with E-state index >= 15 is 0 Å². The van der Waals surface area contributed by atoms with E-state index in [1.54, 1.807) is 17.6 Å². The molecule has 0 saturated carbocycles. The molecular formula is C13H13FN4O2S2. The maximum atomic E-state index is 13.1. The average Bonchev–Trinajstić information content (AvgIpc) is 2.92. The lowest BCUT2D eigenvalue weighted by atomic mass is 10.2. The van der Waals surface area contributed by atoms with Gasteiger partial charge in [0.1, 0.15) is 10.8 Å². The van der Waals surface area contributed by atoms with Crippen molar-refractivity contribution in [2.45, 2.75) is 25.3 Å². The number of nitrogens with zero attached hydrogens (tertiary/aromatic N) is 3. The fourth-order valence-corrected chi connectivity index (χ4v) is 4.06. The van der Waals surface area contributed by atoms with Gasteiger partial charge in [0.2, 0.25) is 15.0 Å². The maximum Gasteiger partial charge on any atom is 0.241 e. The zero-order valence-electron chi connectivity index (χ0n) is 11.9. The number of halogens is 1. The lowest BCUT2D eigenvalue weighted by Gasteiger charge is -2.08. The van der Waals surface area contributed by atoms with Gasteiger partial charge < -0.3 is 0 Å². The van der Waals surface area contributed by atoms with Crippen LogP contribution < -0.4 is 4.72 Å². The Kier molecular flexibility index (Phi) is 3.71. The first kappa shape index (κ1) is 15.1. The number of sulfonamides is 1. The molecule has 3 aromatic rings. The molecule has 0 radical (unpaired) electrons. The molecule has 0 aliphatic carbocycles. The van der Waals surface area contributed by atoms with Crippen molar-refractivity contribution >= 4 is 26.3 Å². The van der Waals surface area contributed by atoms with Crippen molar-refractivity contribution in [1.29, 1.82) is 0 Å². The van der Waals surface area contributed by atoms with E-state index in [9.17, 15) is 12.8 Å². The molecule has 0 aliphatic rings. The smallest absolute Gasteiger partial charge is 0.221 e. The third kappa shape index (κ3) is 2.87. The van der Waals surface area contributed by atoms with E-state index in [-0.39, 0.29) is 11.4 Å². The van der Waals surface area contributed by atoms with Gasteiger partial charge in [0.25, 0.3) is 0 Å². The van der Waals surface area contributed by atoms with E-state index in [2.05, 4.69) is 14.8 Å². The lowest BCUT2D eigenvalue weighted by molar-refractivity contribution is 0.578. The van der Waals surface area contributed by atoms with Crippen molar-refractivity contribution in [3.8, 4) is 0 Å². The molecule has 0 spiro atoms. The van der Waals surface area contributed by atoms with Gasteiger partial charge in [0.15, 0.2) is 0 Å². The third-order valence-corrected chi connectivity index (χ3v) is 5.46. The van der Waals surface area contributed by atoms with Gasteiger partial charge in [0.05, 0.1) is 23.3 Å². The number of hydrogen-bond donors (Lipinski definition) is 1. The van der Waals surface area contributed by atoms with Gasteiger partial charge in [-0.25, -0.2) is 27.0 Å². The molecule has 0 bridgehead atoms. The summed E-state index contributed by atoms with van der Waals surface area (Å²) in [6.07, 6.45) is 1.68. The molecule has 9 heteroatoms. The summed E-state index contributed by atoms with van der Waals surface area (Å²) in [4.78, 5) is 5.07. The van der Waals surface area contributed by atoms with Crippen LogP contribution in [0, 0.1) is 19.7 Å². The molecule has 6 nitrogen and oxygen atoms in total. The van der Waals surface area contributed by atoms with Gasteiger partial charge in [0, 0.05) is 0 Å². The molecule has 1 aromatic carbocycles. The first-order valence-corrected chi connectivity index (χ1v) is 8.72. The summed E-state index contributed by atoms with van der Waals surface area (Å²) < 4.78 is 41.7. The topological polar surface area (TPSA) is 76.4 Å². The van der Waals surface area contributed by atoms with Crippen LogP contribution in [-0.2, 0) is 16.6 Å². The summed E-state index contributed by atoms with van der Waals surface area (Å²) in [5.41, 5.74) is 0.928. The molecule has 2 aromatic heterocycles. The number of rotatable bonds is 4. The minimum Gasteiger partial charge on any atom is -0.221 e. The summed E-state index contributed by atoms with van der Waals surface area (Å²) in [6.45, 7) is 3.48. The Bertz CT molecular complexity index is 915. The number of aromatic nitrogens is 3. The fourth-order valence-electron chi connectivity index (χ4n) is 2.09. The summed E-state index contributed by atoms with van der Waals surface area (Å²) in [7, 11) is -3.72. The predicted octanol–water partition coefficient (Wildman–Crippen LogP) is 2.03. The molecule has 22 heavy (non-hydrogen) atoms. The van der Waals surface area contributed by atoms with Crippen molar-refractivity contribution in [2.75, 3.05) is 0 Å². The third-order valence-electron chi connectivity index (χ3n) is 3.06. The molecule has 0 unspecified atom stereocenters. The molecule has 3 rings (SSSR count). The van der Waals surface area contributed by atoms with Gasteiger partial charge in [-0.05, 0) is 37.6 Å². The zero-order chi connectivity index (χ0) is 15.9. The van der Waals surface area contributed by atoms with E-state index in [0.29, 0.717) is 16.2 Å². The second-order valence-corrected chi connectivity index (χ2v) is 7.71. The number of fused-ring (bicyclic) bond motifs is 1. The second-order valence-electron chi connectivity index (χ2n) is 4.81. The van der Waals surface area contributed by atoms with Crippen LogP contribution in [0.5, 0.6) is 0 Å². The Labute approximate surface area is 130 Å². The quantitative estimate of drug-likeness (QED) is 0.788. The Hall–Kier alpha value is -1.84. The van der Waals surface area contributed by atoms with Crippen molar-refractivity contribution in [3.63, 3.8) is 0 Å². The molecule has 0 fully saturated rings. The summed E-state index contributed by atoms with van der Waals surface area (Å²) in [6, 6.07) is 3.57. The zero-order valence-corrected chi connectivity index (χ0v) is 13.5. The molecule has 116 valence electrons. The monoisotopic (exact) mass is 340 g/mol. The number of nitrogens with one attached hydrogen (secondary N) is 1. The first-order chi connectivity index (χ1) is 10.3. The molecule has 0 saturated heterocycles. The Morgan fingerprint density at radius 1 is 1.36 bits per heavy atom. The van der Waals surface area contributed by atoms with Gasteiger partial charge in [-0.2, -0.15) is 5.10 Å². The Morgan fingerprint density at radius 2 is 2.14 bits per heavy atom. The van der Waals surface area contributed by atoms with E-state index in [1.807, 2.05) is 6.92 Å².